The van der Waals surface area contributed by atoms with E-state index in [1.807, 2.05) is 6.07 Å². The van der Waals surface area contributed by atoms with Gasteiger partial charge in [0, 0.05) is 37.1 Å². The average Bonchev–Trinajstić information content (AvgIpc) is 2.38. The van der Waals surface area contributed by atoms with Gasteiger partial charge < -0.3 is 16.0 Å². The fraction of sp³-hybridized carbons (Fsp3) is 0.438. The number of rotatable bonds is 6. The Hall–Kier alpha value is -1.65. The molecule has 2 rings (SSSR count). The van der Waals surface area contributed by atoms with Gasteiger partial charge in [0.2, 0.25) is 0 Å². The molecule has 0 aliphatic heterocycles. The van der Waals surface area contributed by atoms with Crippen LogP contribution < -0.4 is 11.1 Å². The van der Waals surface area contributed by atoms with Crippen molar-refractivity contribution in [3.05, 3.63) is 35.5 Å². The molecule has 0 fully saturated rings. The fourth-order valence-electron chi connectivity index (χ4n) is 2.24. The van der Waals surface area contributed by atoms with Gasteiger partial charge in [0.15, 0.2) is 0 Å². The molecule has 2 aromatic rings. The lowest BCUT2D eigenvalue weighted by Gasteiger charge is -2.10. The maximum Gasteiger partial charge on any atom is 0.0934 e. The first-order valence-electron chi connectivity index (χ1n) is 7.07. The first-order chi connectivity index (χ1) is 9.56. The molecule has 1 aromatic carbocycles. The van der Waals surface area contributed by atoms with Crippen molar-refractivity contribution in [3.63, 3.8) is 0 Å². The third-order valence-electron chi connectivity index (χ3n) is 3.32. The van der Waals surface area contributed by atoms with Crippen molar-refractivity contribution in [1.82, 2.24) is 15.2 Å². The van der Waals surface area contributed by atoms with Crippen molar-refractivity contribution < 1.29 is 0 Å². The molecule has 0 aliphatic carbocycles. The summed E-state index contributed by atoms with van der Waals surface area (Å²) in [6, 6.07) is 8.31. The number of likely N-dealkylation sites (N-methyl/N-ethyl adjacent to an activating group) is 1. The molecular weight excluding hydrogens is 248 g/mol. The molecule has 0 radical (unpaired) electrons. The van der Waals surface area contributed by atoms with Crippen LogP contribution in [-0.2, 0) is 6.42 Å². The predicted octanol–water partition coefficient (Wildman–Crippen LogP) is 1.82. The minimum absolute atomic E-state index is 0.766. The molecule has 108 valence electrons. The van der Waals surface area contributed by atoms with Gasteiger partial charge in [-0.3, -0.25) is 4.98 Å². The number of hydrogen-bond donors (Lipinski definition) is 2. The van der Waals surface area contributed by atoms with Crippen molar-refractivity contribution in [1.29, 1.82) is 0 Å². The van der Waals surface area contributed by atoms with E-state index in [0.29, 0.717) is 0 Å². The zero-order chi connectivity index (χ0) is 14.5. The maximum absolute atomic E-state index is 6.05. The molecule has 0 amide bonds. The van der Waals surface area contributed by atoms with Crippen LogP contribution in [0.25, 0.3) is 10.9 Å². The average molecular weight is 272 g/mol. The zero-order valence-corrected chi connectivity index (χ0v) is 12.6. The highest BCUT2D eigenvalue weighted by Crippen LogP contribution is 2.21. The lowest BCUT2D eigenvalue weighted by Crippen LogP contribution is -2.28. The van der Waals surface area contributed by atoms with Crippen LogP contribution in [0.2, 0.25) is 0 Å². The first-order valence-corrected chi connectivity index (χ1v) is 7.07. The predicted molar refractivity (Wildman–Crippen MR) is 86.0 cm³/mol. The zero-order valence-electron chi connectivity index (χ0n) is 12.6. The second-order valence-electron chi connectivity index (χ2n) is 5.53. The molecule has 4 nitrogen and oxygen atoms in total. The minimum atomic E-state index is 0.766. The molecule has 0 unspecified atom stereocenters. The van der Waals surface area contributed by atoms with Crippen LogP contribution in [0, 0.1) is 6.92 Å². The Balaban J connectivity index is 1.98. The Labute approximate surface area is 121 Å². The topological polar surface area (TPSA) is 54.2 Å². The van der Waals surface area contributed by atoms with Crippen molar-refractivity contribution in [2.24, 2.45) is 0 Å². The molecule has 0 bridgehead atoms. The summed E-state index contributed by atoms with van der Waals surface area (Å²) in [7, 11) is 4.16. The lowest BCUT2D eigenvalue weighted by atomic mass is 10.1. The van der Waals surface area contributed by atoms with E-state index in [1.54, 1.807) is 0 Å². The van der Waals surface area contributed by atoms with Crippen molar-refractivity contribution >= 4 is 16.6 Å². The molecule has 0 spiro atoms. The largest absolute Gasteiger partial charge is 0.397 e. The van der Waals surface area contributed by atoms with E-state index >= 15 is 0 Å². The van der Waals surface area contributed by atoms with E-state index in [4.69, 9.17) is 5.73 Å². The van der Waals surface area contributed by atoms with Gasteiger partial charge in [-0.15, -0.1) is 0 Å². The number of aryl methyl sites for hydroxylation is 1. The van der Waals surface area contributed by atoms with Crippen LogP contribution in [-0.4, -0.2) is 43.6 Å². The van der Waals surface area contributed by atoms with Gasteiger partial charge >= 0.3 is 0 Å². The van der Waals surface area contributed by atoms with Crippen LogP contribution in [0.5, 0.6) is 0 Å². The molecular formula is C16H24N4. The van der Waals surface area contributed by atoms with Crippen LogP contribution in [0.3, 0.4) is 0 Å². The second-order valence-corrected chi connectivity index (χ2v) is 5.53. The van der Waals surface area contributed by atoms with Crippen molar-refractivity contribution in [2.75, 3.05) is 39.5 Å². The van der Waals surface area contributed by atoms with E-state index in [0.717, 1.165) is 48.3 Å². The van der Waals surface area contributed by atoms with Crippen LogP contribution >= 0.6 is 0 Å². The number of fused-ring (bicyclic) bond motifs is 1. The SMILES string of the molecule is Cc1cc(N)c2nc(CCNCCN(C)C)ccc2c1. The van der Waals surface area contributed by atoms with Gasteiger partial charge in [0.05, 0.1) is 11.2 Å². The molecule has 4 heteroatoms. The Morgan fingerprint density at radius 2 is 2.00 bits per heavy atom. The third-order valence-corrected chi connectivity index (χ3v) is 3.32. The number of pyridine rings is 1. The second kappa shape index (κ2) is 6.68. The number of nitrogens with two attached hydrogens (primary N) is 1. The Morgan fingerprint density at radius 3 is 2.75 bits per heavy atom. The highest BCUT2D eigenvalue weighted by atomic mass is 15.1. The minimum Gasteiger partial charge on any atom is -0.397 e. The quantitative estimate of drug-likeness (QED) is 0.622. The van der Waals surface area contributed by atoms with Gasteiger partial charge in [0.1, 0.15) is 0 Å². The van der Waals surface area contributed by atoms with Crippen LogP contribution in [0.1, 0.15) is 11.3 Å². The van der Waals surface area contributed by atoms with Gasteiger partial charge in [-0.25, -0.2) is 0 Å². The third kappa shape index (κ3) is 3.92. The standard InChI is InChI=1S/C16H24N4/c1-12-10-13-4-5-14(19-16(13)15(17)11-12)6-7-18-8-9-20(2)3/h4-5,10-11,18H,6-9,17H2,1-3H3. The molecule has 0 saturated heterocycles. The van der Waals surface area contributed by atoms with Crippen LogP contribution in [0.4, 0.5) is 5.69 Å². The number of aromatic nitrogens is 1. The Morgan fingerprint density at radius 1 is 1.20 bits per heavy atom. The monoisotopic (exact) mass is 272 g/mol. The summed E-state index contributed by atoms with van der Waals surface area (Å²) in [5, 5.41) is 4.54. The molecule has 20 heavy (non-hydrogen) atoms. The maximum atomic E-state index is 6.05. The van der Waals surface area contributed by atoms with E-state index in [1.165, 1.54) is 5.56 Å². The van der Waals surface area contributed by atoms with E-state index < -0.39 is 0 Å². The van der Waals surface area contributed by atoms with E-state index in [2.05, 4.69) is 54.4 Å². The fourth-order valence-corrected chi connectivity index (χ4v) is 2.24. The van der Waals surface area contributed by atoms with Gasteiger partial charge in [0.25, 0.3) is 0 Å². The van der Waals surface area contributed by atoms with E-state index in [-0.39, 0.29) is 0 Å². The summed E-state index contributed by atoms with van der Waals surface area (Å²) in [4.78, 5) is 6.84. The summed E-state index contributed by atoms with van der Waals surface area (Å²) >= 11 is 0. The normalized spacial score (nSPS) is 11.4. The highest BCUT2D eigenvalue weighted by molar-refractivity contribution is 5.90. The number of hydrogen-bond acceptors (Lipinski definition) is 4. The van der Waals surface area contributed by atoms with Gasteiger partial charge in [-0.1, -0.05) is 6.07 Å². The molecule has 1 aromatic heterocycles. The summed E-state index contributed by atoms with van der Waals surface area (Å²) in [5.74, 6) is 0. The molecule has 0 atom stereocenters. The Kier molecular flexibility index (Phi) is 4.93. The molecule has 0 aliphatic rings. The smallest absolute Gasteiger partial charge is 0.0934 e. The number of nitrogen functional groups attached to an aromatic ring is 1. The van der Waals surface area contributed by atoms with Gasteiger partial charge in [-0.05, 0) is 44.8 Å². The van der Waals surface area contributed by atoms with Crippen molar-refractivity contribution in [2.45, 2.75) is 13.3 Å². The summed E-state index contributed by atoms with van der Waals surface area (Å²) in [6.07, 6.45) is 0.927. The van der Waals surface area contributed by atoms with Crippen molar-refractivity contribution in [3.8, 4) is 0 Å². The highest BCUT2D eigenvalue weighted by Gasteiger charge is 2.03. The number of anilines is 1. The summed E-state index contributed by atoms with van der Waals surface area (Å²) in [6.45, 7) is 5.05. The van der Waals surface area contributed by atoms with E-state index in [9.17, 15) is 0 Å². The summed E-state index contributed by atoms with van der Waals surface area (Å²) in [5.41, 5.74) is 10.0. The molecule has 1 heterocycles. The lowest BCUT2D eigenvalue weighted by molar-refractivity contribution is 0.401. The molecule has 0 saturated carbocycles. The molecule has 3 N–H and O–H groups in total. The summed E-state index contributed by atoms with van der Waals surface area (Å²) < 4.78 is 0. The first kappa shape index (κ1) is 14.8. The number of benzene rings is 1. The Bertz CT molecular complexity index is 578. The number of nitrogens with zero attached hydrogens (tertiary/aromatic N) is 2. The number of nitrogens with one attached hydrogen (secondary N) is 1. The van der Waals surface area contributed by atoms with Gasteiger partial charge in [-0.2, -0.15) is 0 Å². The van der Waals surface area contributed by atoms with Crippen LogP contribution in [0.15, 0.2) is 24.3 Å².